The van der Waals surface area contributed by atoms with Crippen molar-refractivity contribution in [2.24, 2.45) is 5.92 Å². The molecule has 0 heterocycles. The number of hydrogen-bond acceptors (Lipinski definition) is 2. The third-order valence-corrected chi connectivity index (χ3v) is 1.40. The number of carboxylic acids is 2. The molecule has 0 bridgehead atoms. The van der Waals surface area contributed by atoms with Gasteiger partial charge in [-0.05, 0) is 6.42 Å². The second-order valence-electron chi connectivity index (χ2n) is 2.53. The molecule has 0 saturated heterocycles. The summed E-state index contributed by atoms with van der Waals surface area (Å²) in [6, 6.07) is 0. The lowest BCUT2D eigenvalue weighted by molar-refractivity contribution is -0.151. The van der Waals surface area contributed by atoms with Crippen LogP contribution >= 0.6 is 0 Å². The zero-order valence-corrected chi connectivity index (χ0v) is 7.41. The Morgan fingerprint density at radius 1 is 1.31 bits per heavy atom. The van der Waals surface area contributed by atoms with E-state index in [1.54, 1.807) is 0 Å². The summed E-state index contributed by atoms with van der Waals surface area (Å²) in [6.07, 6.45) is 2.37. The first kappa shape index (κ1) is 11.5. The molecule has 0 amide bonds. The molecule has 0 atom stereocenters. The summed E-state index contributed by atoms with van der Waals surface area (Å²) in [5.74, 6) is 0.343. The van der Waals surface area contributed by atoms with Gasteiger partial charge in [0, 0.05) is 6.42 Å². The van der Waals surface area contributed by atoms with Crippen LogP contribution in [0.5, 0.6) is 0 Å². The molecule has 0 fully saturated rings. The van der Waals surface area contributed by atoms with Crippen LogP contribution in [-0.2, 0) is 9.59 Å². The van der Waals surface area contributed by atoms with Crippen molar-refractivity contribution in [3.05, 3.63) is 0 Å². The first-order valence-corrected chi connectivity index (χ1v) is 4.03. The Kier molecular flexibility index (Phi) is 5.37. The fourth-order valence-corrected chi connectivity index (χ4v) is 0.668. The van der Waals surface area contributed by atoms with Gasteiger partial charge in [-0.3, -0.25) is 9.59 Å². The van der Waals surface area contributed by atoms with Gasteiger partial charge >= 0.3 is 11.9 Å². The normalized spacial score (nSPS) is 9.08. The molecular formula is C9H12O4. The molecule has 0 spiro atoms. The number of carboxylic acid groups (broad SMARTS) is 2. The van der Waals surface area contributed by atoms with Gasteiger partial charge in [0.1, 0.15) is 0 Å². The van der Waals surface area contributed by atoms with Crippen molar-refractivity contribution in [3.8, 4) is 11.8 Å². The van der Waals surface area contributed by atoms with Gasteiger partial charge in [0.15, 0.2) is 0 Å². The fourth-order valence-electron chi connectivity index (χ4n) is 0.668. The molecule has 0 aromatic rings. The van der Waals surface area contributed by atoms with E-state index in [9.17, 15) is 9.59 Å². The molecule has 0 aliphatic rings. The Balaban J connectivity index is 4.14. The van der Waals surface area contributed by atoms with Crippen molar-refractivity contribution in [1.82, 2.24) is 0 Å². The van der Waals surface area contributed by atoms with E-state index in [-0.39, 0.29) is 0 Å². The van der Waals surface area contributed by atoms with E-state index in [0.717, 1.165) is 12.8 Å². The maximum atomic E-state index is 10.3. The molecule has 4 nitrogen and oxygen atoms in total. The minimum Gasteiger partial charge on any atom is -0.480 e. The lowest BCUT2D eigenvalue weighted by Gasteiger charge is -1.96. The van der Waals surface area contributed by atoms with Crippen molar-refractivity contribution >= 4 is 11.9 Å². The SMILES string of the molecule is CCCCC#CC(C(=O)O)C(=O)O. The van der Waals surface area contributed by atoms with Gasteiger partial charge in [-0.1, -0.05) is 19.3 Å². The fraction of sp³-hybridized carbons (Fsp3) is 0.556. The molecule has 72 valence electrons. The van der Waals surface area contributed by atoms with Crippen LogP contribution in [0.3, 0.4) is 0 Å². The average Bonchev–Trinajstić information content (AvgIpc) is 2.02. The van der Waals surface area contributed by atoms with E-state index in [0.29, 0.717) is 6.42 Å². The summed E-state index contributed by atoms with van der Waals surface area (Å²) < 4.78 is 0. The highest BCUT2D eigenvalue weighted by molar-refractivity contribution is 5.96. The van der Waals surface area contributed by atoms with Crippen LogP contribution in [0.1, 0.15) is 26.2 Å². The van der Waals surface area contributed by atoms with E-state index in [2.05, 4.69) is 11.8 Å². The quantitative estimate of drug-likeness (QED) is 0.387. The number of unbranched alkanes of at least 4 members (excludes halogenated alkanes) is 2. The molecule has 0 aliphatic carbocycles. The molecule has 0 unspecified atom stereocenters. The molecule has 0 rings (SSSR count). The number of hydrogen-bond donors (Lipinski definition) is 2. The monoisotopic (exact) mass is 184 g/mol. The standard InChI is InChI=1S/C9H12O4/c1-2-3-4-5-6-7(8(10)11)9(12)13/h7H,2-4H2,1H3,(H,10,11)(H,12,13). The van der Waals surface area contributed by atoms with Crippen LogP contribution in [0.2, 0.25) is 0 Å². The van der Waals surface area contributed by atoms with Crippen LogP contribution in [-0.4, -0.2) is 22.2 Å². The second-order valence-corrected chi connectivity index (χ2v) is 2.53. The van der Waals surface area contributed by atoms with Gasteiger partial charge in [0.2, 0.25) is 5.92 Å². The number of rotatable bonds is 4. The van der Waals surface area contributed by atoms with Crippen LogP contribution in [0.4, 0.5) is 0 Å². The van der Waals surface area contributed by atoms with Gasteiger partial charge < -0.3 is 10.2 Å². The third kappa shape index (κ3) is 4.86. The molecule has 0 saturated carbocycles. The van der Waals surface area contributed by atoms with Crippen LogP contribution in [0, 0.1) is 17.8 Å². The topological polar surface area (TPSA) is 74.6 Å². The highest BCUT2D eigenvalue weighted by Crippen LogP contribution is 1.96. The lowest BCUT2D eigenvalue weighted by Crippen LogP contribution is -2.21. The highest BCUT2D eigenvalue weighted by Gasteiger charge is 2.22. The first-order chi connectivity index (χ1) is 6.09. The van der Waals surface area contributed by atoms with Gasteiger partial charge in [0.25, 0.3) is 0 Å². The minimum atomic E-state index is -1.59. The van der Waals surface area contributed by atoms with Crippen molar-refractivity contribution < 1.29 is 19.8 Å². The Labute approximate surface area is 76.6 Å². The van der Waals surface area contributed by atoms with Gasteiger partial charge in [-0.25, -0.2) is 0 Å². The molecular weight excluding hydrogens is 172 g/mol. The maximum Gasteiger partial charge on any atom is 0.330 e. The highest BCUT2D eigenvalue weighted by atomic mass is 16.4. The number of carbonyl (C=O) groups is 2. The summed E-state index contributed by atoms with van der Waals surface area (Å²) in [7, 11) is 0. The summed E-state index contributed by atoms with van der Waals surface area (Å²) >= 11 is 0. The Bertz CT molecular complexity index is 232. The lowest BCUT2D eigenvalue weighted by atomic mass is 10.1. The van der Waals surface area contributed by atoms with Gasteiger partial charge in [-0.15, -0.1) is 5.92 Å². The Morgan fingerprint density at radius 2 is 1.85 bits per heavy atom. The van der Waals surface area contributed by atoms with E-state index >= 15 is 0 Å². The average molecular weight is 184 g/mol. The molecule has 0 radical (unpaired) electrons. The molecule has 4 heteroatoms. The van der Waals surface area contributed by atoms with E-state index in [1.807, 2.05) is 6.92 Å². The van der Waals surface area contributed by atoms with Crippen molar-refractivity contribution in [1.29, 1.82) is 0 Å². The van der Waals surface area contributed by atoms with Gasteiger partial charge in [0.05, 0.1) is 0 Å². The van der Waals surface area contributed by atoms with Crippen LogP contribution in [0.25, 0.3) is 0 Å². The zero-order valence-electron chi connectivity index (χ0n) is 7.41. The molecule has 2 N–H and O–H groups in total. The van der Waals surface area contributed by atoms with E-state index in [4.69, 9.17) is 10.2 Å². The Hall–Kier alpha value is -1.50. The molecule has 13 heavy (non-hydrogen) atoms. The summed E-state index contributed by atoms with van der Waals surface area (Å²) in [5, 5.41) is 16.8. The van der Waals surface area contributed by atoms with Crippen molar-refractivity contribution in [2.45, 2.75) is 26.2 Å². The molecule has 0 aromatic carbocycles. The predicted octanol–water partition coefficient (Wildman–Crippen LogP) is 0.965. The third-order valence-electron chi connectivity index (χ3n) is 1.40. The van der Waals surface area contributed by atoms with Crippen molar-refractivity contribution in [2.75, 3.05) is 0 Å². The van der Waals surface area contributed by atoms with Crippen LogP contribution in [0.15, 0.2) is 0 Å². The second kappa shape index (κ2) is 6.06. The predicted molar refractivity (Wildman–Crippen MR) is 46.1 cm³/mol. The summed E-state index contributed by atoms with van der Waals surface area (Å²) in [4.78, 5) is 20.6. The van der Waals surface area contributed by atoms with E-state index in [1.165, 1.54) is 0 Å². The van der Waals surface area contributed by atoms with E-state index < -0.39 is 17.9 Å². The summed E-state index contributed by atoms with van der Waals surface area (Å²) in [6.45, 7) is 1.98. The minimum absolute atomic E-state index is 0.549. The molecule has 0 aromatic heterocycles. The largest absolute Gasteiger partial charge is 0.480 e. The van der Waals surface area contributed by atoms with Crippen LogP contribution < -0.4 is 0 Å². The zero-order chi connectivity index (χ0) is 10.3. The van der Waals surface area contributed by atoms with Gasteiger partial charge in [-0.2, -0.15) is 0 Å². The smallest absolute Gasteiger partial charge is 0.330 e. The Morgan fingerprint density at radius 3 is 2.23 bits per heavy atom. The summed E-state index contributed by atoms with van der Waals surface area (Å²) in [5.41, 5.74) is 0. The van der Waals surface area contributed by atoms with Crippen molar-refractivity contribution in [3.63, 3.8) is 0 Å². The maximum absolute atomic E-state index is 10.3. The molecule has 0 aliphatic heterocycles. The first-order valence-electron chi connectivity index (χ1n) is 4.03. The number of aliphatic carboxylic acids is 2.